The molecule has 7 nitrogen and oxygen atoms in total. The smallest absolute Gasteiger partial charge is 0.243 e. The summed E-state index contributed by atoms with van der Waals surface area (Å²) in [6.07, 6.45) is 0. The van der Waals surface area contributed by atoms with Crippen LogP contribution < -0.4 is 14.8 Å². The molecule has 1 aromatic rings. The van der Waals surface area contributed by atoms with Gasteiger partial charge in [0.1, 0.15) is 6.04 Å². The van der Waals surface area contributed by atoms with Crippen molar-refractivity contribution in [1.82, 2.24) is 9.62 Å². The average molecular weight is 314 g/mol. The minimum atomic E-state index is -3.76. The Morgan fingerprint density at radius 3 is 2.52 bits per heavy atom. The summed E-state index contributed by atoms with van der Waals surface area (Å²) in [5, 5.41) is 2.64. The van der Waals surface area contributed by atoms with Crippen LogP contribution >= 0.6 is 0 Å². The number of hydrogen-bond acceptors (Lipinski definition) is 5. The highest BCUT2D eigenvalue weighted by atomic mass is 32.2. The minimum Gasteiger partial charge on any atom is -0.493 e. The number of rotatable bonds is 4. The Kier molecular flexibility index (Phi) is 4.38. The van der Waals surface area contributed by atoms with Gasteiger partial charge in [-0.15, -0.1) is 0 Å². The quantitative estimate of drug-likeness (QED) is 0.859. The maximum absolute atomic E-state index is 12.7. The van der Waals surface area contributed by atoms with Crippen LogP contribution in [0.1, 0.15) is 6.92 Å². The number of ether oxygens (including phenoxy) is 2. The van der Waals surface area contributed by atoms with E-state index in [0.29, 0.717) is 18.0 Å². The van der Waals surface area contributed by atoms with Gasteiger partial charge >= 0.3 is 0 Å². The van der Waals surface area contributed by atoms with Gasteiger partial charge in [0.05, 0.1) is 19.1 Å². The number of piperazine rings is 1. The third kappa shape index (κ3) is 2.81. The van der Waals surface area contributed by atoms with Crippen molar-refractivity contribution in [1.29, 1.82) is 0 Å². The Bertz CT molecular complexity index is 644. The van der Waals surface area contributed by atoms with E-state index in [1.165, 1.54) is 36.7 Å². The molecular formula is C13H18N2O5S. The summed E-state index contributed by atoms with van der Waals surface area (Å²) in [7, 11) is -0.854. The van der Waals surface area contributed by atoms with Gasteiger partial charge < -0.3 is 14.8 Å². The van der Waals surface area contributed by atoms with Gasteiger partial charge in [0.15, 0.2) is 11.5 Å². The van der Waals surface area contributed by atoms with Crippen LogP contribution in [0.5, 0.6) is 11.5 Å². The fourth-order valence-corrected chi connectivity index (χ4v) is 3.81. The molecule has 1 aromatic carbocycles. The summed E-state index contributed by atoms with van der Waals surface area (Å²) in [4.78, 5) is 11.7. The Morgan fingerprint density at radius 2 is 1.90 bits per heavy atom. The summed E-state index contributed by atoms with van der Waals surface area (Å²) in [6.45, 7) is 2.10. The van der Waals surface area contributed by atoms with Gasteiger partial charge in [-0.1, -0.05) is 0 Å². The maximum Gasteiger partial charge on any atom is 0.243 e. The molecule has 1 saturated heterocycles. The second-order valence-corrected chi connectivity index (χ2v) is 6.49. The third-order valence-corrected chi connectivity index (χ3v) is 5.37. The number of carbonyl (C=O) groups excluding carboxylic acids is 1. The first kappa shape index (κ1) is 15.6. The number of methoxy groups -OCH3 is 2. The normalized spacial score (nSPS) is 20.0. The topological polar surface area (TPSA) is 84.9 Å². The maximum atomic E-state index is 12.7. The third-order valence-electron chi connectivity index (χ3n) is 3.40. The first-order valence-corrected chi connectivity index (χ1v) is 7.87. The summed E-state index contributed by atoms with van der Waals surface area (Å²) in [5.74, 6) is 0.471. The largest absolute Gasteiger partial charge is 0.493 e. The summed E-state index contributed by atoms with van der Waals surface area (Å²) >= 11 is 0. The molecule has 0 radical (unpaired) electrons. The zero-order valence-corrected chi connectivity index (χ0v) is 12.9. The van der Waals surface area contributed by atoms with E-state index in [1.807, 2.05) is 0 Å². The van der Waals surface area contributed by atoms with Gasteiger partial charge in [-0.25, -0.2) is 8.42 Å². The van der Waals surface area contributed by atoms with E-state index in [2.05, 4.69) is 5.32 Å². The number of hydrogen-bond donors (Lipinski definition) is 1. The van der Waals surface area contributed by atoms with Gasteiger partial charge in [-0.2, -0.15) is 4.31 Å². The van der Waals surface area contributed by atoms with E-state index < -0.39 is 16.1 Å². The molecule has 1 fully saturated rings. The zero-order chi connectivity index (χ0) is 15.6. The molecule has 116 valence electrons. The first-order valence-electron chi connectivity index (χ1n) is 6.43. The van der Waals surface area contributed by atoms with Crippen LogP contribution in [-0.2, 0) is 14.8 Å². The van der Waals surface area contributed by atoms with Gasteiger partial charge in [0, 0.05) is 19.2 Å². The van der Waals surface area contributed by atoms with Crippen LogP contribution in [0.25, 0.3) is 0 Å². The van der Waals surface area contributed by atoms with Crippen molar-refractivity contribution in [3.63, 3.8) is 0 Å². The number of benzene rings is 1. The molecule has 1 amide bonds. The fourth-order valence-electron chi connectivity index (χ4n) is 2.20. The van der Waals surface area contributed by atoms with E-state index in [-0.39, 0.29) is 17.3 Å². The van der Waals surface area contributed by atoms with E-state index in [4.69, 9.17) is 9.47 Å². The van der Waals surface area contributed by atoms with Crippen LogP contribution in [0.3, 0.4) is 0 Å². The lowest BCUT2D eigenvalue weighted by Gasteiger charge is -2.31. The predicted octanol–water partition coefficient (Wildman–Crippen LogP) is 0.213. The number of carbonyl (C=O) groups is 1. The lowest BCUT2D eigenvalue weighted by Crippen LogP contribution is -2.55. The van der Waals surface area contributed by atoms with Gasteiger partial charge in [-0.05, 0) is 19.1 Å². The molecule has 0 saturated carbocycles. The summed E-state index contributed by atoms with van der Waals surface area (Å²) in [5.41, 5.74) is 0. The molecule has 0 aliphatic carbocycles. The molecule has 0 spiro atoms. The molecule has 2 rings (SSSR count). The Morgan fingerprint density at radius 1 is 1.24 bits per heavy atom. The Balaban J connectivity index is 2.42. The lowest BCUT2D eigenvalue weighted by molar-refractivity contribution is -0.126. The molecule has 1 unspecified atom stereocenters. The molecule has 1 aliphatic rings. The summed E-state index contributed by atoms with van der Waals surface area (Å²) in [6, 6.07) is 3.63. The molecule has 0 bridgehead atoms. The number of amides is 1. The second-order valence-electron chi connectivity index (χ2n) is 4.60. The fraction of sp³-hybridized carbons (Fsp3) is 0.462. The number of nitrogens with one attached hydrogen (secondary N) is 1. The lowest BCUT2D eigenvalue weighted by atomic mass is 10.2. The Hall–Kier alpha value is -1.80. The van der Waals surface area contributed by atoms with Crippen LogP contribution in [0.15, 0.2) is 23.1 Å². The van der Waals surface area contributed by atoms with Gasteiger partial charge in [0.2, 0.25) is 15.9 Å². The molecular weight excluding hydrogens is 296 g/mol. The standard InChI is InChI=1S/C13H18N2O5S/c1-9-13(16)14-6-7-15(9)21(17,18)10-4-5-11(19-2)12(8-10)20-3/h4-5,8-9H,6-7H2,1-3H3,(H,14,16). The summed E-state index contributed by atoms with van der Waals surface area (Å²) < 4.78 is 36.7. The number of nitrogens with zero attached hydrogens (tertiary/aromatic N) is 1. The highest BCUT2D eigenvalue weighted by Crippen LogP contribution is 2.31. The van der Waals surface area contributed by atoms with Crippen molar-refractivity contribution in [2.75, 3.05) is 27.3 Å². The molecule has 1 heterocycles. The minimum absolute atomic E-state index is 0.0710. The van der Waals surface area contributed by atoms with Crippen molar-refractivity contribution in [2.45, 2.75) is 17.9 Å². The molecule has 1 atom stereocenters. The molecule has 8 heteroatoms. The van der Waals surface area contributed by atoms with E-state index >= 15 is 0 Å². The van der Waals surface area contributed by atoms with Gasteiger partial charge in [0.25, 0.3) is 0 Å². The molecule has 1 N–H and O–H groups in total. The highest BCUT2D eigenvalue weighted by molar-refractivity contribution is 7.89. The zero-order valence-electron chi connectivity index (χ0n) is 12.1. The highest BCUT2D eigenvalue weighted by Gasteiger charge is 2.35. The van der Waals surface area contributed by atoms with Crippen molar-refractivity contribution < 1.29 is 22.7 Å². The van der Waals surface area contributed by atoms with Crippen molar-refractivity contribution in [2.24, 2.45) is 0 Å². The van der Waals surface area contributed by atoms with E-state index in [9.17, 15) is 13.2 Å². The molecule has 21 heavy (non-hydrogen) atoms. The second kappa shape index (κ2) is 5.90. The Labute approximate surface area is 123 Å². The SMILES string of the molecule is COc1ccc(S(=O)(=O)N2CCNC(=O)C2C)cc1OC. The van der Waals surface area contributed by atoms with E-state index in [0.717, 1.165) is 0 Å². The van der Waals surface area contributed by atoms with Crippen LogP contribution in [-0.4, -0.2) is 52.0 Å². The van der Waals surface area contributed by atoms with Crippen molar-refractivity contribution >= 4 is 15.9 Å². The predicted molar refractivity (Wildman–Crippen MR) is 75.9 cm³/mol. The molecule has 1 aliphatic heterocycles. The van der Waals surface area contributed by atoms with Crippen molar-refractivity contribution in [3.05, 3.63) is 18.2 Å². The van der Waals surface area contributed by atoms with Crippen LogP contribution in [0.2, 0.25) is 0 Å². The number of sulfonamides is 1. The average Bonchev–Trinajstić information content (AvgIpc) is 2.49. The van der Waals surface area contributed by atoms with Gasteiger partial charge in [-0.3, -0.25) is 4.79 Å². The van der Waals surface area contributed by atoms with Crippen LogP contribution in [0, 0.1) is 0 Å². The van der Waals surface area contributed by atoms with Crippen LogP contribution in [0.4, 0.5) is 0 Å². The monoisotopic (exact) mass is 314 g/mol. The first-order chi connectivity index (χ1) is 9.91. The molecule has 0 aromatic heterocycles. The van der Waals surface area contributed by atoms with Crippen molar-refractivity contribution in [3.8, 4) is 11.5 Å². The van der Waals surface area contributed by atoms with E-state index in [1.54, 1.807) is 6.92 Å².